The molecule has 1 amide bonds. The molecule has 0 aliphatic carbocycles. The second-order valence-electron chi connectivity index (χ2n) is 6.59. The molecular weight excluding hydrogens is 296 g/mol. The number of carbonyl (C=O) groups is 1. The SMILES string of the molecule is C[C@H](C(=O)N1c2ccccc2C[C@@H]1C)[n+]1ccc2ccccc2c1. The second kappa shape index (κ2) is 5.75. The van der Waals surface area contributed by atoms with E-state index < -0.39 is 0 Å². The van der Waals surface area contributed by atoms with Crippen LogP contribution in [0.15, 0.2) is 67.0 Å². The molecule has 0 bridgehead atoms. The van der Waals surface area contributed by atoms with Crippen LogP contribution in [-0.2, 0) is 11.2 Å². The zero-order valence-electron chi connectivity index (χ0n) is 14.0. The second-order valence-corrected chi connectivity index (χ2v) is 6.59. The molecule has 1 aliphatic rings. The fourth-order valence-corrected chi connectivity index (χ4v) is 3.62. The van der Waals surface area contributed by atoms with Gasteiger partial charge >= 0.3 is 0 Å². The maximum absolute atomic E-state index is 13.2. The van der Waals surface area contributed by atoms with Crippen LogP contribution in [-0.4, -0.2) is 11.9 Å². The average Bonchev–Trinajstić information content (AvgIpc) is 2.95. The zero-order chi connectivity index (χ0) is 16.7. The highest BCUT2D eigenvalue weighted by Crippen LogP contribution is 2.33. The summed E-state index contributed by atoms with van der Waals surface area (Å²) in [4.78, 5) is 15.1. The van der Waals surface area contributed by atoms with Gasteiger partial charge in [-0.1, -0.05) is 36.4 Å². The van der Waals surface area contributed by atoms with Crippen molar-refractivity contribution in [3.8, 4) is 0 Å². The van der Waals surface area contributed by atoms with Gasteiger partial charge in [0.05, 0.1) is 0 Å². The Morgan fingerprint density at radius 2 is 1.79 bits per heavy atom. The van der Waals surface area contributed by atoms with Gasteiger partial charge in [0, 0.05) is 30.1 Å². The maximum atomic E-state index is 13.2. The summed E-state index contributed by atoms with van der Waals surface area (Å²) in [6.45, 7) is 4.10. The molecule has 2 atom stereocenters. The van der Waals surface area contributed by atoms with Gasteiger partial charge in [-0.15, -0.1) is 0 Å². The van der Waals surface area contributed by atoms with Crippen molar-refractivity contribution in [2.45, 2.75) is 32.4 Å². The van der Waals surface area contributed by atoms with Crippen LogP contribution in [0.3, 0.4) is 0 Å². The van der Waals surface area contributed by atoms with Gasteiger partial charge in [0.2, 0.25) is 6.04 Å². The lowest BCUT2D eigenvalue weighted by Crippen LogP contribution is -2.49. The Balaban J connectivity index is 1.68. The molecule has 0 saturated carbocycles. The Kier molecular flexibility index (Phi) is 3.57. The molecule has 0 radical (unpaired) electrons. The monoisotopic (exact) mass is 317 g/mol. The van der Waals surface area contributed by atoms with Crippen molar-refractivity contribution in [2.24, 2.45) is 0 Å². The fraction of sp³-hybridized carbons (Fsp3) is 0.238. The van der Waals surface area contributed by atoms with Gasteiger partial charge < -0.3 is 4.90 Å². The molecular formula is C21H21N2O+. The van der Waals surface area contributed by atoms with Crippen LogP contribution in [0, 0.1) is 0 Å². The van der Waals surface area contributed by atoms with E-state index in [1.165, 1.54) is 10.9 Å². The third-order valence-corrected chi connectivity index (χ3v) is 4.96. The number of para-hydroxylation sites is 1. The van der Waals surface area contributed by atoms with Crippen LogP contribution in [0.5, 0.6) is 0 Å². The predicted molar refractivity (Wildman–Crippen MR) is 95.9 cm³/mol. The Hall–Kier alpha value is -2.68. The molecule has 0 N–H and O–H groups in total. The van der Waals surface area contributed by atoms with E-state index in [1.54, 1.807) is 0 Å². The van der Waals surface area contributed by atoms with E-state index in [9.17, 15) is 4.79 Å². The highest BCUT2D eigenvalue weighted by Gasteiger charge is 2.36. The van der Waals surface area contributed by atoms with Crippen molar-refractivity contribution < 1.29 is 9.36 Å². The molecule has 3 aromatic rings. The number of fused-ring (bicyclic) bond motifs is 2. The summed E-state index contributed by atoms with van der Waals surface area (Å²) in [6.07, 6.45) is 4.99. The normalized spacial score (nSPS) is 17.8. The van der Waals surface area contributed by atoms with Crippen LogP contribution in [0.2, 0.25) is 0 Å². The number of amides is 1. The molecule has 1 aliphatic heterocycles. The Morgan fingerprint density at radius 3 is 2.62 bits per heavy atom. The highest BCUT2D eigenvalue weighted by molar-refractivity contribution is 5.97. The number of hydrogen-bond acceptors (Lipinski definition) is 1. The first kappa shape index (κ1) is 14.9. The van der Waals surface area contributed by atoms with E-state index in [0.717, 1.165) is 17.5 Å². The van der Waals surface area contributed by atoms with Crippen molar-refractivity contribution >= 4 is 22.4 Å². The third-order valence-electron chi connectivity index (χ3n) is 4.96. The topological polar surface area (TPSA) is 24.2 Å². The number of nitrogens with zero attached hydrogens (tertiary/aromatic N) is 2. The molecule has 0 unspecified atom stereocenters. The minimum atomic E-state index is -0.233. The number of carbonyl (C=O) groups excluding carboxylic acids is 1. The summed E-state index contributed by atoms with van der Waals surface area (Å²) in [6, 6.07) is 18.5. The van der Waals surface area contributed by atoms with Gasteiger partial charge in [0.15, 0.2) is 12.4 Å². The van der Waals surface area contributed by atoms with Crippen LogP contribution >= 0.6 is 0 Å². The summed E-state index contributed by atoms with van der Waals surface area (Å²) >= 11 is 0. The van der Waals surface area contributed by atoms with E-state index in [0.29, 0.717) is 0 Å². The van der Waals surface area contributed by atoms with Crippen molar-refractivity contribution in [1.82, 2.24) is 0 Å². The summed E-state index contributed by atoms with van der Waals surface area (Å²) in [5.41, 5.74) is 2.32. The number of benzene rings is 2. The van der Waals surface area contributed by atoms with Crippen LogP contribution in [0.1, 0.15) is 25.5 Å². The van der Waals surface area contributed by atoms with Crippen molar-refractivity contribution in [3.05, 3.63) is 72.6 Å². The summed E-state index contributed by atoms with van der Waals surface area (Å²) in [5, 5.41) is 2.34. The van der Waals surface area contributed by atoms with Gasteiger partial charge in [-0.3, -0.25) is 4.79 Å². The number of hydrogen-bond donors (Lipinski definition) is 0. The minimum absolute atomic E-state index is 0.146. The summed E-state index contributed by atoms with van der Waals surface area (Å²) in [5.74, 6) is 0.146. The molecule has 2 aromatic carbocycles. The Labute approximate surface area is 142 Å². The smallest absolute Gasteiger partial charge is 0.296 e. The quantitative estimate of drug-likeness (QED) is 0.662. The maximum Gasteiger partial charge on any atom is 0.296 e. The molecule has 2 heterocycles. The molecule has 1 aromatic heterocycles. The van der Waals surface area contributed by atoms with Gasteiger partial charge in [-0.05, 0) is 36.4 Å². The lowest BCUT2D eigenvalue weighted by Gasteiger charge is -2.24. The first-order valence-electron chi connectivity index (χ1n) is 8.45. The van der Waals surface area contributed by atoms with Gasteiger partial charge in [0.25, 0.3) is 5.91 Å². The minimum Gasteiger partial charge on any atom is -0.303 e. The largest absolute Gasteiger partial charge is 0.303 e. The van der Waals surface area contributed by atoms with Crippen LogP contribution in [0.25, 0.3) is 10.8 Å². The molecule has 24 heavy (non-hydrogen) atoms. The highest BCUT2D eigenvalue weighted by atomic mass is 16.2. The summed E-state index contributed by atoms with van der Waals surface area (Å²) < 4.78 is 2.01. The Morgan fingerprint density at radius 1 is 1.08 bits per heavy atom. The van der Waals surface area contributed by atoms with Gasteiger partial charge in [-0.25, -0.2) is 0 Å². The van der Waals surface area contributed by atoms with E-state index in [-0.39, 0.29) is 18.0 Å². The summed E-state index contributed by atoms with van der Waals surface area (Å²) in [7, 11) is 0. The lowest BCUT2D eigenvalue weighted by molar-refractivity contribution is -0.704. The van der Waals surface area contributed by atoms with Crippen LogP contribution < -0.4 is 9.47 Å². The van der Waals surface area contributed by atoms with E-state index in [4.69, 9.17) is 0 Å². The van der Waals surface area contributed by atoms with E-state index >= 15 is 0 Å². The number of anilines is 1. The third kappa shape index (κ3) is 2.37. The fourth-order valence-electron chi connectivity index (χ4n) is 3.62. The standard InChI is InChI=1S/C21H21N2O/c1-15-13-18-8-5-6-10-20(18)23(15)21(24)16(2)22-12-11-17-7-3-4-9-19(17)14-22/h3-12,14-16H,13H2,1-2H3/q+1/t15-,16+/m0/s1. The zero-order valence-corrected chi connectivity index (χ0v) is 14.0. The first-order valence-corrected chi connectivity index (χ1v) is 8.45. The first-order chi connectivity index (χ1) is 11.6. The molecule has 3 heteroatoms. The average molecular weight is 317 g/mol. The van der Waals surface area contributed by atoms with Crippen LogP contribution in [0.4, 0.5) is 5.69 Å². The van der Waals surface area contributed by atoms with E-state index in [1.807, 2.05) is 46.9 Å². The molecule has 0 saturated heterocycles. The van der Waals surface area contributed by atoms with Crippen molar-refractivity contribution in [3.63, 3.8) is 0 Å². The predicted octanol–water partition coefficient (Wildman–Crippen LogP) is 3.67. The van der Waals surface area contributed by atoms with E-state index in [2.05, 4.69) is 43.5 Å². The van der Waals surface area contributed by atoms with Gasteiger partial charge in [0.1, 0.15) is 0 Å². The Bertz CT molecular complexity index is 918. The molecule has 4 rings (SSSR count). The number of pyridine rings is 1. The van der Waals surface area contributed by atoms with Gasteiger partial charge in [-0.2, -0.15) is 4.57 Å². The number of aromatic nitrogens is 1. The lowest BCUT2D eigenvalue weighted by atomic mass is 10.1. The molecule has 3 nitrogen and oxygen atoms in total. The van der Waals surface area contributed by atoms with Crippen molar-refractivity contribution in [2.75, 3.05) is 4.90 Å². The molecule has 120 valence electrons. The molecule has 0 fully saturated rings. The molecule has 0 spiro atoms. The van der Waals surface area contributed by atoms with Crippen molar-refractivity contribution in [1.29, 1.82) is 0 Å². The number of rotatable bonds is 2.